The fraction of sp³-hybridized carbons (Fsp3) is 0.667. The molecule has 2 fully saturated rings. The van der Waals surface area contributed by atoms with E-state index in [1.54, 1.807) is 0 Å². The monoisotopic (exact) mass is 395 g/mol. The van der Waals surface area contributed by atoms with E-state index >= 15 is 0 Å². The predicted molar refractivity (Wildman–Crippen MR) is 95.6 cm³/mol. The van der Waals surface area contributed by atoms with E-state index < -0.39 is 0 Å². The van der Waals surface area contributed by atoms with E-state index in [2.05, 4.69) is 43.3 Å². The third-order valence-electron chi connectivity index (χ3n) is 4.50. The van der Waals surface area contributed by atoms with Gasteiger partial charge < -0.3 is 5.32 Å². The molecule has 1 saturated heterocycles. The Kier molecular flexibility index (Phi) is 8.50. The van der Waals surface area contributed by atoms with Crippen LogP contribution in [0.1, 0.15) is 37.3 Å². The average Bonchev–Trinajstić information content (AvgIpc) is 2.96. The summed E-state index contributed by atoms with van der Waals surface area (Å²) in [6.45, 7) is 4.53. The molecule has 0 radical (unpaired) electrons. The van der Waals surface area contributed by atoms with Gasteiger partial charge in [0.1, 0.15) is 4.60 Å². The number of rotatable bonds is 3. The van der Waals surface area contributed by atoms with E-state index in [9.17, 15) is 0 Å². The van der Waals surface area contributed by atoms with Crippen LogP contribution in [-0.2, 0) is 0 Å². The topological polar surface area (TPSA) is 28.2 Å². The third-order valence-corrected chi connectivity index (χ3v) is 5.16. The lowest BCUT2D eigenvalue weighted by Crippen LogP contribution is -2.46. The largest absolute Gasteiger partial charge is 0.314 e. The van der Waals surface area contributed by atoms with Crippen LogP contribution in [-0.4, -0.2) is 36.1 Å². The van der Waals surface area contributed by atoms with Crippen LogP contribution in [0, 0.1) is 5.92 Å². The fourth-order valence-electron chi connectivity index (χ4n) is 3.60. The lowest BCUT2D eigenvalue weighted by molar-refractivity contribution is 0.124. The molecule has 1 aliphatic heterocycles. The van der Waals surface area contributed by atoms with Crippen LogP contribution in [0.4, 0.5) is 0 Å². The van der Waals surface area contributed by atoms with E-state index in [0.717, 1.165) is 36.7 Å². The smallest absolute Gasteiger partial charge is 0.110 e. The molecule has 21 heavy (non-hydrogen) atoms. The van der Waals surface area contributed by atoms with Crippen LogP contribution in [0.15, 0.2) is 22.9 Å². The summed E-state index contributed by atoms with van der Waals surface area (Å²) >= 11 is 3.66. The number of hydrogen-bond donors (Lipinski definition) is 1. The van der Waals surface area contributed by atoms with E-state index in [4.69, 9.17) is 0 Å². The Morgan fingerprint density at radius 1 is 1.19 bits per heavy atom. The first kappa shape index (κ1) is 19.2. The molecule has 0 spiro atoms. The number of hydrogen-bond acceptors (Lipinski definition) is 3. The van der Waals surface area contributed by atoms with Crippen molar-refractivity contribution in [3.05, 3.63) is 28.5 Å². The van der Waals surface area contributed by atoms with E-state index in [0.29, 0.717) is 6.04 Å². The number of pyridine rings is 1. The second-order valence-electron chi connectivity index (χ2n) is 5.66. The molecule has 1 atom stereocenters. The molecule has 120 valence electrons. The minimum atomic E-state index is 0. The van der Waals surface area contributed by atoms with Crippen molar-refractivity contribution in [3.63, 3.8) is 0 Å². The first-order valence-electron chi connectivity index (χ1n) is 7.41. The summed E-state index contributed by atoms with van der Waals surface area (Å²) in [5.74, 6) is 0.804. The average molecular weight is 397 g/mol. The van der Waals surface area contributed by atoms with Crippen LogP contribution in [0.5, 0.6) is 0 Å². The summed E-state index contributed by atoms with van der Waals surface area (Å²) in [5, 5.41) is 3.46. The highest BCUT2D eigenvalue weighted by Gasteiger charge is 2.33. The molecule has 3 nitrogen and oxygen atoms in total. The number of nitrogens with one attached hydrogen (secondary N) is 1. The van der Waals surface area contributed by atoms with Gasteiger partial charge in [0.2, 0.25) is 0 Å². The van der Waals surface area contributed by atoms with Gasteiger partial charge in [-0.2, -0.15) is 0 Å². The zero-order valence-corrected chi connectivity index (χ0v) is 15.4. The van der Waals surface area contributed by atoms with Gasteiger partial charge >= 0.3 is 0 Å². The van der Waals surface area contributed by atoms with Crippen molar-refractivity contribution in [1.29, 1.82) is 0 Å². The molecule has 1 saturated carbocycles. The summed E-state index contributed by atoms with van der Waals surface area (Å²) in [5.41, 5.74) is 1.39. The summed E-state index contributed by atoms with van der Waals surface area (Å²) in [4.78, 5) is 7.10. The maximum absolute atomic E-state index is 4.44. The molecule has 1 aromatic heterocycles. The molecule has 0 bridgehead atoms. The molecular formula is C15H24BrCl2N3. The Hall–Kier alpha value is 0.130. The van der Waals surface area contributed by atoms with Gasteiger partial charge in [0.05, 0.1) is 0 Å². The Labute approximate surface area is 148 Å². The molecule has 0 aromatic carbocycles. The van der Waals surface area contributed by atoms with E-state index in [1.807, 2.05) is 6.20 Å². The van der Waals surface area contributed by atoms with Gasteiger partial charge in [0.25, 0.3) is 0 Å². The highest BCUT2D eigenvalue weighted by atomic mass is 79.9. The molecule has 0 amide bonds. The van der Waals surface area contributed by atoms with Gasteiger partial charge in [0.15, 0.2) is 0 Å². The molecule has 2 aliphatic rings. The minimum Gasteiger partial charge on any atom is -0.314 e. The number of halogens is 3. The van der Waals surface area contributed by atoms with Crippen molar-refractivity contribution in [2.24, 2.45) is 5.92 Å². The highest BCUT2D eigenvalue weighted by Crippen LogP contribution is 2.41. The van der Waals surface area contributed by atoms with Crippen LogP contribution < -0.4 is 5.32 Å². The van der Waals surface area contributed by atoms with Crippen molar-refractivity contribution in [2.45, 2.75) is 31.7 Å². The Morgan fingerprint density at radius 2 is 1.86 bits per heavy atom. The molecule has 1 aliphatic carbocycles. The Bertz CT molecular complexity index is 421. The maximum atomic E-state index is 4.44. The lowest BCUT2D eigenvalue weighted by Gasteiger charge is -2.38. The number of nitrogens with zero attached hydrogens (tertiary/aromatic N) is 2. The van der Waals surface area contributed by atoms with Crippen molar-refractivity contribution in [1.82, 2.24) is 15.2 Å². The summed E-state index contributed by atoms with van der Waals surface area (Å²) in [6, 6.07) is 4.87. The fourth-order valence-corrected chi connectivity index (χ4v) is 4.09. The quantitative estimate of drug-likeness (QED) is 0.787. The molecule has 1 N–H and O–H groups in total. The number of piperazine rings is 1. The van der Waals surface area contributed by atoms with Gasteiger partial charge in [-0.15, -0.1) is 24.8 Å². The second-order valence-corrected chi connectivity index (χ2v) is 6.41. The molecular weight excluding hydrogens is 373 g/mol. The summed E-state index contributed by atoms with van der Waals surface area (Å²) in [6.07, 6.45) is 7.40. The highest BCUT2D eigenvalue weighted by molar-refractivity contribution is 9.10. The van der Waals surface area contributed by atoms with Crippen molar-refractivity contribution >= 4 is 40.7 Å². The van der Waals surface area contributed by atoms with Gasteiger partial charge in [0, 0.05) is 44.0 Å². The number of aromatic nitrogens is 1. The van der Waals surface area contributed by atoms with Gasteiger partial charge in [-0.1, -0.05) is 18.9 Å². The minimum absolute atomic E-state index is 0. The Balaban J connectivity index is 0.00000110. The van der Waals surface area contributed by atoms with Crippen LogP contribution >= 0.6 is 40.7 Å². The third kappa shape index (κ3) is 4.55. The normalized spacial score (nSPS) is 21.4. The van der Waals surface area contributed by atoms with Crippen molar-refractivity contribution in [3.8, 4) is 0 Å². The van der Waals surface area contributed by atoms with Gasteiger partial charge in [-0.05, 0) is 40.8 Å². The molecule has 3 rings (SSSR count). The first-order chi connectivity index (χ1) is 9.36. The van der Waals surface area contributed by atoms with E-state index in [1.165, 1.54) is 31.2 Å². The molecule has 0 unspecified atom stereocenters. The zero-order valence-electron chi connectivity index (χ0n) is 12.1. The van der Waals surface area contributed by atoms with Gasteiger partial charge in [-0.3, -0.25) is 4.90 Å². The molecule has 6 heteroatoms. The standard InChI is InChI=1S/C15H22BrN3.2ClH/c16-15-13(6-3-7-18-15)14(12-4-1-2-5-12)19-10-8-17-9-11-19;;/h3,6-7,12,14,17H,1-2,4-5,8-11H2;2*1H/t14-;;/m1../s1. The van der Waals surface area contributed by atoms with Crippen molar-refractivity contribution < 1.29 is 0 Å². The predicted octanol–water partition coefficient (Wildman–Crippen LogP) is 3.82. The van der Waals surface area contributed by atoms with Crippen LogP contribution in [0.25, 0.3) is 0 Å². The maximum Gasteiger partial charge on any atom is 0.110 e. The molecule has 1 aromatic rings. The van der Waals surface area contributed by atoms with Crippen LogP contribution in [0.3, 0.4) is 0 Å². The first-order valence-corrected chi connectivity index (χ1v) is 8.21. The van der Waals surface area contributed by atoms with Gasteiger partial charge in [-0.25, -0.2) is 4.98 Å². The summed E-state index contributed by atoms with van der Waals surface area (Å²) in [7, 11) is 0. The summed E-state index contributed by atoms with van der Waals surface area (Å²) < 4.78 is 1.03. The SMILES string of the molecule is Brc1ncccc1[C@@H](C1CCCC1)N1CCNCC1.Cl.Cl. The zero-order chi connectivity index (χ0) is 13.1. The van der Waals surface area contributed by atoms with Crippen LogP contribution in [0.2, 0.25) is 0 Å². The Morgan fingerprint density at radius 3 is 2.48 bits per heavy atom. The second kappa shape index (κ2) is 9.31. The molecule has 2 heterocycles. The van der Waals surface area contributed by atoms with Crippen molar-refractivity contribution in [2.75, 3.05) is 26.2 Å². The van der Waals surface area contributed by atoms with E-state index in [-0.39, 0.29) is 24.8 Å². The lowest BCUT2D eigenvalue weighted by atomic mass is 9.90.